The first-order valence-corrected chi connectivity index (χ1v) is 15.2. The third-order valence-corrected chi connectivity index (χ3v) is 13.5. The van der Waals surface area contributed by atoms with E-state index in [0.717, 1.165) is 57.8 Å². The maximum absolute atomic E-state index is 13.9. The van der Waals surface area contributed by atoms with E-state index in [1.54, 1.807) is 0 Å². The van der Waals surface area contributed by atoms with Crippen LogP contribution in [0.25, 0.3) is 0 Å². The van der Waals surface area contributed by atoms with Crippen LogP contribution in [0.2, 0.25) is 0 Å². The molecule has 0 aromatic carbocycles. The molecule has 5 aliphatic rings. The van der Waals surface area contributed by atoms with Crippen molar-refractivity contribution in [1.29, 1.82) is 0 Å². The lowest BCUT2D eigenvalue weighted by Crippen LogP contribution is -2.65. The summed E-state index contributed by atoms with van der Waals surface area (Å²) in [6.07, 6.45) is 12.4. The van der Waals surface area contributed by atoms with Gasteiger partial charge in [0.2, 0.25) is 5.91 Å². The van der Waals surface area contributed by atoms with Crippen LogP contribution in [0.3, 0.4) is 0 Å². The van der Waals surface area contributed by atoms with Crippen molar-refractivity contribution in [3.05, 3.63) is 11.6 Å². The molecular formula is C33H51NO4. The van der Waals surface area contributed by atoms with Crippen LogP contribution in [0.1, 0.15) is 113 Å². The highest BCUT2D eigenvalue weighted by atomic mass is 16.5. The van der Waals surface area contributed by atoms with E-state index in [9.17, 15) is 14.4 Å². The summed E-state index contributed by atoms with van der Waals surface area (Å²) in [5, 5.41) is 2.98. The number of ether oxygens (including phenoxy) is 1. The molecule has 0 spiro atoms. The second-order valence-electron chi connectivity index (χ2n) is 15.8. The molecule has 0 heterocycles. The number of allylic oxidation sites excluding steroid dienone is 2. The lowest BCUT2D eigenvalue weighted by molar-refractivity contribution is -0.186. The van der Waals surface area contributed by atoms with Gasteiger partial charge in [0.25, 0.3) is 0 Å². The first-order valence-electron chi connectivity index (χ1n) is 15.2. The molecule has 212 valence electrons. The van der Waals surface area contributed by atoms with Gasteiger partial charge in [0.1, 0.15) is 12.3 Å². The number of amides is 1. The Labute approximate surface area is 230 Å². The van der Waals surface area contributed by atoms with Crippen LogP contribution in [0.15, 0.2) is 11.6 Å². The number of esters is 1. The molecule has 0 aromatic rings. The second kappa shape index (κ2) is 8.67. The van der Waals surface area contributed by atoms with Crippen molar-refractivity contribution < 1.29 is 19.1 Å². The van der Waals surface area contributed by atoms with Crippen LogP contribution in [0.4, 0.5) is 0 Å². The zero-order valence-corrected chi connectivity index (χ0v) is 25.2. The van der Waals surface area contributed by atoms with Gasteiger partial charge in [0.15, 0.2) is 0 Å². The Balaban J connectivity index is 1.55. The molecule has 4 fully saturated rings. The number of nitrogens with one attached hydrogen (secondary N) is 1. The average Bonchev–Trinajstić information content (AvgIpc) is 2.85. The van der Waals surface area contributed by atoms with Crippen molar-refractivity contribution in [2.75, 3.05) is 13.7 Å². The second-order valence-corrected chi connectivity index (χ2v) is 15.8. The fourth-order valence-electron chi connectivity index (χ4n) is 10.8. The average molecular weight is 526 g/mol. The van der Waals surface area contributed by atoms with Crippen molar-refractivity contribution in [2.24, 2.45) is 50.2 Å². The summed E-state index contributed by atoms with van der Waals surface area (Å²) in [5.74, 6) is 1.29. The fourth-order valence-corrected chi connectivity index (χ4v) is 10.8. The van der Waals surface area contributed by atoms with Gasteiger partial charge in [0.05, 0.1) is 12.5 Å². The molecule has 0 aliphatic heterocycles. The lowest BCUT2D eigenvalue weighted by Gasteiger charge is -2.70. The van der Waals surface area contributed by atoms with Gasteiger partial charge in [-0.15, -0.1) is 0 Å². The van der Waals surface area contributed by atoms with Gasteiger partial charge in [0, 0.05) is 11.8 Å². The molecule has 1 amide bonds. The third kappa shape index (κ3) is 3.65. The van der Waals surface area contributed by atoms with Crippen LogP contribution < -0.4 is 5.32 Å². The minimum absolute atomic E-state index is 0.0414. The molecule has 1 N–H and O–H groups in total. The Morgan fingerprint density at radius 1 is 0.947 bits per heavy atom. The van der Waals surface area contributed by atoms with E-state index >= 15 is 0 Å². The normalized spacial score (nSPS) is 44.9. The number of hydrogen-bond acceptors (Lipinski definition) is 4. The number of ketones is 1. The number of methoxy groups -OCH3 is 1. The van der Waals surface area contributed by atoms with E-state index in [-0.39, 0.29) is 45.4 Å². The van der Waals surface area contributed by atoms with E-state index < -0.39 is 11.4 Å². The first kappa shape index (κ1) is 27.9. The van der Waals surface area contributed by atoms with E-state index in [0.29, 0.717) is 24.0 Å². The molecule has 5 rings (SSSR count). The number of carbonyl (C=O) groups is 3. The summed E-state index contributed by atoms with van der Waals surface area (Å²) in [5.41, 5.74) is 1.37. The van der Waals surface area contributed by atoms with Crippen LogP contribution >= 0.6 is 0 Å². The highest BCUT2D eigenvalue weighted by Gasteiger charge is 2.69. The van der Waals surface area contributed by atoms with Gasteiger partial charge in [-0.25, -0.2) is 0 Å². The molecule has 7 atom stereocenters. The summed E-state index contributed by atoms with van der Waals surface area (Å²) in [4.78, 5) is 38.8. The van der Waals surface area contributed by atoms with Crippen LogP contribution in [0, 0.1) is 50.2 Å². The fraction of sp³-hybridized carbons (Fsp3) is 0.848. The van der Waals surface area contributed by atoms with E-state index in [1.807, 2.05) is 0 Å². The van der Waals surface area contributed by atoms with Crippen molar-refractivity contribution >= 4 is 17.7 Å². The minimum Gasteiger partial charge on any atom is -0.468 e. The number of hydrogen-bond donors (Lipinski definition) is 1. The third-order valence-electron chi connectivity index (χ3n) is 13.5. The SMILES string of the molecule is COC(=O)CNC(=O)[C@]12CCC(C)(C)C[C@H]1C1=CC[C@@H]3[C@@]4(C)CCC(=O)C(C)(C)[C@@H]4CC[C@@]3(C)[C@]1(C)CC2. The molecular weight excluding hydrogens is 474 g/mol. The largest absolute Gasteiger partial charge is 0.468 e. The summed E-state index contributed by atoms with van der Waals surface area (Å²) in [7, 11) is 1.37. The number of rotatable bonds is 3. The quantitative estimate of drug-likeness (QED) is 0.331. The minimum atomic E-state index is -0.446. The van der Waals surface area contributed by atoms with Gasteiger partial charge in [-0.05, 0) is 97.2 Å². The van der Waals surface area contributed by atoms with E-state index in [2.05, 4.69) is 59.9 Å². The Kier molecular flexibility index (Phi) is 6.37. The molecule has 4 saturated carbocycles. The summed E-state index contributed by atoms with van der Waals surface area (Å²) in [6.45, 7) is 16.7. The predicted octanol–water partition coefficient (Wildman–Crippen LogP) is 6.65. The van der Waals surface area contributed by atoms with E-state index in [4.69, 9.17) is 4.74 Å². The van der Waals surface area contributed by atoms with Crippen LogP contribution in [-0.4, -0.2) is 31.3 Å². The predicted molar refractivity (Wildman–Crippen MR) is 149 cm³/mol. The van der Waals surface area contributed by atoms with Gasteiger partial charge >= 0.3 is 5.97 Å². The van der Waals surface area contributed by atoms with Gasteiger partial charge in [-0.3, -0.25) is 14.4 Å². The maximum Gasteiger partial charge on any atom is 0.325 e. The molecule has 0 aromatic heterocycles. The summed E-state index contributed by atoms with van der Waals surface area (Å²) >= 11 is 0. The zero-order valence-electron chi connectivity index (χ0n) is 25.2. The number of carbonyl (C=O) groups excluding carboxylic acids is 3. The van der Waals surface area contributed by atoms with Crippen molar-refractivity contribution in [3.63, 3.8) is 0 Å². The van der Waals surface area contributed by atoms with Gasteiger partial charge in [-0.1, -0.05) is 60.1 Å². The molecule has 0 radical (unpaired) electrons. The highest BCUT2D eigenvalue weighted by molar-refractivity contribution is 5.87. The van der Waals surface area contributed by atoms with Crippen molar-refractivity contribution in [1.82, 2.24) is 5.32 Å². The monoisotopic (exact) mass is 525 g/mol. The first-order chi connectivity index (χ1) is 17.6. The molecule has 5 aliphatic carbocycles. The number of fused-ring (bicyclic) bond motifs is 7. The highest BCUT2D eigenvalue weighted by Crippen LogP contribution is 2.75. The molecule has 0 bridgehead atoms. The lowest BCUT2D eigenvalue weighted by atomic mass is 9.33. The molecule has 5 nitrogen and oxygen atoms in total. The van der Waals surface area contributed by atoms with Gasteiger partial charge < -0.3 is 10.1 Å². The summed E-state index contributed by atoms with van der Waals surface area (Å²) < 4.78 is 4.82. The Morgan fingerprint density at radius 2 is 1.63 bits per heavy atom. The van der Waals surface area contributed by atoms with Crippen LogP contribution in [0.5, 0.6) is 0 Å². The molecule has 0 unspecified atom stereocenters. The number of Topliss-reactive ketones (excluding diaryl/α,β-unsaturated/α-hetero) is 1. The topological polar surface area (TPSA) is 72.5 Å². The Bertz CT molecular complexity index is 1070. The smallest absolute Gasteiger partial charge is 0.325 e. The van der Waals surface area contributed by atoms with Crippen molar-refractivity contribution in [2.45, 2.75) is 113 Å². The molecule has 38 heavy (non-hydrogen) atoms. The van der Waals surface area contributed by atoms with Gasteiger partial charge in [-0.2, -0.15) is 0 Å². The van der Waals surface area contributed by atoms with E-state index in [1.165, 1.54) is 12.7 Å². The molecule has 0 saturated heterocycles. The Morgan fingerprint density at radius 3 is 2.32 bits per heavy atom. The van der Waals surface area contributed by atoms with Crippen LogP contribution in [-0.2, 0) is 19.1 Å². The molecule has 5 heteroatoms. The zero-order chi connectivity index (χ0) is 27.9. The standard InChI is InChI=1S/C33H51NO4/c1-28(2)15-17-33(27(37)34-20-26(36)38-8)18-16-31(6)21(22(33)19-28)9-10-24-30(5)13-12-25(35)29(3,4)23(30)11-14-32(24,31)7/h9,22-24H,10-20H2,1-8H3,(H,34,37)/t22-,23-,24+,30-,31+,32+,33-/m0/s1. The summed E-state index contributed by atoms with van der Waals surface area (Å²) in [6, 6.07) is 0. The Hall–Kier alpha value is -1.65. The maximum atomic E-state index is 13.9. The van der Waals surface area contributed by atoms with Crippen molar-refractivity contribution in [3.8, 4) is 0 Å².